The van der Waals surface area contributed by atoms with E-state index in [9.17, 15) is 9.18 Å². The van der Waals surface area contributed by atoms with E-state index in [1.165, 1.54) is 12.1 Å². The summed E-state index contributed by atoms with van der Waals surface area (Å²) in [6, 6.07) is 24.6. The van der Waals surface area contributed by atoms with Crippen molar-refractivity contribution in [1.82, 2.24) is 9.88 Å². The highest BCUT2D eigenvalue weighted by atomic mass is 19.1. The summed E-state index contributed by atoms with van der Waals surface area (Å²) >= 11 is 0. The molecule has 1 aliphatic rings. The van der Waals surface area contributed by atoms with Crippen LogP contribution in [0.2, 0.25) is 0 Å². The predicted octanol–water partition coefficient (Wildman–Crippen LogP) is 6.40. The van der Waals surface area contributed by atoms with Crippen molar-refractivity contribution in [2.75, 3.05) is 13.1 Å². The second kappa shape index (κ2) is 8.71. The Kier molecular flexibility index (Phi) is 5.46. The summed E-state index contributed by atoms with van der Waals surface area (Å²) in [6.07, 6.45) is 2.46. The van der Waals surface area contributed by atoms with Crippen molar-refractivity contribution in [2.45, 2.75) is 13.0 Å². The van der Waals surface area contributed by atoms with Crippen molar-refractivity contribution in [2.24, 2.45) is 0 Å². The van der Waals surface area contributed by atoms with Crippen molar-refractivity contribution in [1.29, 1.82) is 0 Å². The molecule has 1 aliphatic heterocycles. The molecule has 5 rings (SSSR count). The van der Waals surface area contributed by atoms with Crippen LogP contribution in [0.15, 0.2) is 84.9 Å². The zero-order valence-electron chi connectivity index (χ0n) is 17.6. The maximum Gasteiger partial charge on any atom is 0.410 e. The van der Waals surface area contributed by atoms with Gasteiger partial charge in [-0.25, -0.2) is 9.18 Å². The molecule has 0 aliphatic carbocycles. The standard InChI is InChI=1S/C27H23FN2O2/c28-22-11-12-23-24(17-22)29-26(21-9-5-2-6-10-21)25(23)20-13-15-30(16-14-20)27(31)32-18-19-7-3-1-4-8-19/h1-13,17,29H,14-16,18H2. The average Bonchev–Trinajstić information content (AvgIpc) is 3.22. The van der Waals surface area contributed by atoms with Gasteiger partial charge in [-0.1, -0.05) is 66.7 Å². The van der Waals surface area contributed by atoms with Gasteiger partial charge in [0.05, 0.1) is 5.69 Å². The fourth-order valence-electron chi connectivity index (χ4n) is 4.20. The van der Waals surface area contributed by atoms with Gasteiger partial charge in [0.25, 0.3) is 0 Å². The number of nitrogens with zero attached hydrogens (tertiary/aromatic N) is 1. The normalized spacial score (nSPS) is 13.8. The molecule has 0 atom stereocenters. The summed E-state index contributed by atoms with van der Waals surface area (Å²) in [5.74, 6) is -0.269. The van der Waals surface area contributed by atoms with Crippen molar-refractivity contribution in [3.63, 3.8) is 0 Å². The number of aromatic nitrogens is 1. The summed E-state index contributed by atoms with van der Waals surface area (Å²) in [4.78, 5) is 17.6. The van der Waals surface area contributed by atoms with Crippen LogP contribution in [0.25, 0.3) is 27.7 Å². The molecule has 0 fully saturated rings. The van der Waals surface area contributed by atoms with E-state index in [1.807, 2.05) is 66.7 Å². The number of halogens is 1. The minimum atomic E-state index is -0.312. The highest BCUT2D eigenvalue weighted by Crippen LogP contribution is 2.38. The summed E-state index contributed by atoms with van der Waals surface area (Å²) in [6.45, 7) is 1.31. The predicted molar refractivity (Wildman–Crippen MR) is 124 cm³/mol. The largest absolute Gasteiger partial charge is 0.445 e. The Morgan fingerprint density at radius 3 is 2.47 bits per heavy atom. The number of fused-ring (bicyclic) bond motifs is 1. The van der Waals surface area contributed by atoms with E-state index in [1.54, 1.807) is 4.90 Å². The maximum absolute atomic E-state index is 13.9. The van der Waals surface area contributed by atoms with Gasteiger partial charge >= 0.3 is 6.09 Å². The Hall–Kier alpha value is -3.86. The number of hydrogen-bond donors (Lipinski definition) is 1. The third-order valence-electron chi connectivity index (χ3n) is 5.82. The molecule has 1 amide bonds. The van der Waals surface area contributed by atoms with Crippen molar-refractivity contribution < 1.29 is 13.9 Å². The zero-order valence-corrected chi connectivity index (χ0v) is 17.6. The van der Waals surface area contributed by atoms with Gasteiger partial charge in [0.15, 0.2) is 0 Å². The molecule has 0 bridgehead atoms. The zero-order chi connectivity index (χ0) is 21.9. The van der Waals surface area contributed by atoms with Crippen LogP contribution in [0.3, 0.4) is 0 Å². The van der Waals surface area contributed by atoms with E-state index in [2.05, 4.69) is 11.1 Å². The Morgan fingerprint density at radius 1 is 1.00 bits per heavy atom. The smallest absolute Gasteiger partial charge is 0.410 e. The van der Waals surface area contributed by atoms with Gasteiger partial charge in [-0.15, -0.1) is 0 Å². The van der Waals surface area contributed by atoms with Crippen LogP contribution in [0, 0.1) is 5.82 Å². The monoisotopic (exact) mass is 426 g/mol. The lowest BCUT2D eigenvalue weighted by molar-refractivity contribution is 0.0998. The summed E-state index contributed by atoms with van der Waals surface area (Å²) in [7, 11) is 0. The van der Waals surface area contributed by atoms with Gasteiger partial charge in [-0.05, 0) is 41.3 Å². The molecule has 160 valence electrons. The van der Waals surface area contributed by atoms with Crippen molar-refractivity contribution in [3.8, 4) is 11.3 Å². The fourth-order valence-corrected chi connectivity index (χ4v) is 4.20. The van der Waals surface area contributed by atoms with Crippen LogP contribution in [0.4, 0.5) is 9.18 Å². The third kappa shape index (κ3) is 4.02. The Morgan fingerprint density at radius 2 is 1.75 bits per heavy atom. The lowest BCUT2D eigenvalue weighted by atomic mass is 9.94. The van der Waals surface area contributed by atoms with Gasteiger partial charge in [0.1, 0.15) is 12.4 Å². The molecular weight excluding hydrogens is 403 g/mol. The second-order valence-corrected chi connectivity index (χ2v) is 7.90. The Bertz CT molecular complexity index is 1280. The SMILES string of the molecule is O=C(OCc1ccccc1)N1CC=C(c2c(-c3ccccc3)[nH]c3cc(F)ccc23)CC1. The molecule has 32 heavy (non-hydrogen) atoms. The lowest BCUT2D eigenvalue weighted by Crippen LogP contribution is -2.35. The quantitative estimate of drug-likeness (QED) is 0.410. The number of nitrogens with one attached hydrogen (secondary N) is 1. The van der Waals surface area contributed by atoms with Crippen molar-refractivity contribution >= 4 is 22.6 Å². The number of carbonyl (C=O) groups is 1. The van der Waals surface area contributed by atoms with Crippen LogP contribution in [-0.2, 0) is 11.3 Å². The summed E-state index contributed by atoms with van der Waals surface area (Å²) in [5, 5.41) is 0.983. The van der Waals surface area contributed by atoms with E-state index in [0.29, 0.717) is 19.5 Å². The van der Waals surface area contributed by atoms with E-state index >= 15 is 0 Å². The second-order valence-electron chi connectivity index (χ2n) is 7.90. The maximum atomic E-state index is 13.9. The first-order chi connectivity index (χ1) is 15.7. The molecule has 0 unspecified atom stereocenters. The van der Waals surface area contributed by atoms with Crippen LogP contribution in [0.1, 0.15) is 17.5 Å². The molecule has 4 aromatic rings. The molecule has 0 saturated carbocycles. The molecule has 0 radical (unpaired) electrons. The molecule has 1 N–H and O–H groups in total. The Balaban J connectivity index is 1.40. The molecule has 0 saturated heterocycles. The first kappa shape index (κ1) is 20.1. The fraction of sp³-hybridized carbons (Fsp3) is 0.148. The van der Waals surface area contributed by atoms with Gasteiger partial charge < -0.3 is 14.6 Å². The van der Waals surface area contributed by atoms with Crippen LogP contribution in [0.5, 0.6) is 0 Å². The van der Waals surface area contributed by atoms with Gasteiger partial charge in [0, 0.05) is 29.6 Å². The molecular formula is C27H23FN2O2. The molecule has 0 spiro atoms. The summed E-state index contributed by atoms with van der Waals surface area (Å²) < 4.78 is 19.3. The van der Waals surface area contributed by atoms with E-state index < -0.39 is 0 Å². The van der Waals surface area contributed by atoms with Gasteiger partial charge in [-0.2, -0.15) is 0 Å². The average molecular weight is 426 g/mol. The lowest BCUT2D eigenvalue weighted by Gasteiger charge is -2.26. The number of hydrogen-bond acceptors (Lipinski definition) is 2. The number of H-pyrrole nitrogens is 1. The first-order valence-corrected chi connectivity index (χ1v) is 10.7. The highest BCUT2D eigenvalue weighted by Gasteiger charge is 2.23. The molecule has 5 heteroatoms. The van der Waals surface area contributed by atoms with Crippen LogP contribution >= 0.6 is 0 Å². The molecule has 4 nitrogen and oxygen atoms in total. The number of amides is 1. The van der Waals surface area contributed by atoms with E-state index in [4.69, 9.17) is 4.74 Å². The topological polar surface area (TPSA) is 45.3 Å². The van der Waals surface area contributed by atoms with Gasteiger partial charge in [0.2, 0.25) is 0 Å². The number of ether oxygens (including phenoxy) is 1. The van der Waals surface area contributed by atoms with E-state index in [-0.39, 0.29) is 18.5 Å². The van der Waals surface area contributed by atoms with Crippen LogP contribution in [-0.4, -0.2) is 29.1 Å². The van der Waals surface area contributed by atoms with Gasteiger partial charge in [-0.3, -0.25) is 0 Å². The number of benzene rings is 3. The number of aromatic amines is 1. The van der Waals surface area contributed by atoms with E-state index in [0.717, 1.165) is 38.9 Å². The van der Waals surface area contributed by atoms with Crippen molar-refractivity contribution in [3.05, 3.63) is 102 Å². The first-order valence-electron chi connectivity index (χ1n) is 10.7. The number of rotatable bonds is 4. The highest BCUT2D eigenvalue weighted by molar-refractivity contribution is 6.00. The molecule has 2 heterocycles. The Labute approximate surface area is 185 Å². The molecule has 1 aromatic heterocycles. The summed E-state index contributed by atoms with van der Waals surface area (Å²) in [5.41, 5.74) is 5.97. The van der Waals surface area contributed by atoms with Crippen LogP contribution < -0.4 is 0 Å². The minimum Gasteiger partial charge on any atom is -0.445 e. The molecule has 3 aromatic carbocycles. The minimum absolute atomic E-state index is 0.263. The number of carbonyl (C=O) groups excluding carboxylic acids is 1. The third-order valence-corrected chi connectivity index (χ3v) is 5.82.